The first-order chi connectivity index (χ1) is 9.66. The summed E-state index contributed by atoms with van der Waals surface area (Å²) in [6.45, 7) is 2.63. The van der Waals surface area contributed by atoms with E-state index in [1.54, 1.807) is 6.07 Å². The van der Waals surface area contributed by atoms with Gasteiger partial charge >= 0.3 is 0 Å². The van der Waals surface area contributed by atoms with Crippen molar-refractivity contribution in [3.05, 3.63) is 58.3 Å². The molecule has 3 rings (SSSR count). The molecule has 0 aromatic heterocycles. The molecule has 2 aromatic carbocycles. The lowest BCUT2D eigenvalue weighted by Crippen LogP contribution is -2.38. The van der Waals surface area contributed by atoms with E-state index in [9.17, 15) is 4.39 Å². The van der Waals surface area contributed by atoms with E-state index in [0.717, 1.165) is 18.7 Å². The van der Waals surface area contributed by atoms with Crippen molar-refractivity contribution in [3.63, 3.8) is 0 Å². The summed E-state index contributed by atoms with van der Waals surface area (Å²) < 4.78 is 14.2. The van der Waals surface area contributed by atoms with E-state index in [2.05, 4.69) is 51.0 Å². The first-order valence-electron chi connectivity index (χ1n) is 6.65. The zero-order valence-electron chi connectivity index (χ0n) is 11.3. The summed E-state index contributed by atoms with van der Waals surface area (Å²) in [4.78, 5) is 4.56. The van der Waals surface area contributed by atoms with Gasteiger partial charge in [0, 0.05) is 26.7 Å². The second kappa shape index (κ2) is 5.44. The topological polar surface area (TPSA) is 6.48 Å². The lowest BCUT2D eigenvalue weighted by atomic mass is 10.1. The number of benzene rings is 2. The number of anilines is 2. The summed E-state index contributed by atoms with van der Waals surface area (Å²) >= 11 is 3.35. The number of para-hydroxylation sites is 2. The lowest BCUT2D eigenvalue weighted by molar-refractivity contribution is 0.616. The third kappa shape index (κ3) is 2.40. The highest BCUT2D eigenvalue weighted by atomic mass is 79.9. The van der Waals surface area contributed by atoms with Crippen LogP contribution in [-0.4, -0.2) is 20.1 Å². The van der Waals surface area contributed by atoms with E-state index in [1.807, 2.05) is 12.1 Å². The number of likely N-dealkylation sites (N-methyl/N-ethyl adjacent to an activating group) is 1. The molecule has 0 atom stereocenters. The van der Waals surface area contributed by atoms with Gasteiger partial charge in [0.1, 0.15) is 5.82 Å². The molecule has 1 heterocycles. The van der Waals surface area contributed by atoms with Crippen LogP contribution in [0.2, 0.25) is 0 Å². The number of hydrogen-bond donors (Lipinski definition) is 0. The van der Waals surface area contributed by atoms with Crippen LogP contribution in [0, 0.1) is 5.82 Å². The smallest absolute Gasteiger partial charge is 0.137 e. The first kappa shape index (κ1) is 13.4. The standard InChI is InChI=1S/C16H16BrFN2/c1-19-9-10-20(15-8-3-2-7-14(15)19)11-12-5-4-6-13(18)16(12)17/h2-8H,9-11H2,1H3. The molecule has 0 fully saturated rings. The molecule has 0 spiro atoms. The Kier molecular flexibility index (Phi) is 3.66. The van der Waals surface area contributed by atoms with E-state index in [4.69, 9.17) is 0 Å². The molecule has 104 valence electrons. The molecule has 0 N–H and O–H groups in total. The SMILES string of the molecule is CN1CCN(Cc2cccc(F)c2Br)c2ccccc21. The predicted octanol–water partition coefficient (Wildman–Crippen LogP) is 4.04. The molecular weight excluding hydrogens is 319 g/mol. The van der Waals surface area contributed by atoms with Crippen LogP contribution in [0.5, 0.6) is 0 Å². The van der Waals surface area contributed by atoms with E-state index in [1.165, 1.54) is 17.4 Å². The minimum Gasteiger partial charge on any atom is -0.371 e. The van der Waals surface area contributed by atoms with Crippen molar-refractivity contribution in [2.75, 3.05) is 29.9 Å². The van der Waals surface area contributed by atoms with Crippen molar-refractivity contribution < 1.29 is 4.39 Å². The van der Waals surface area contributed by atoms with Crippen molar-refractivity contribution in [3.8, 4) is 0 Å². The van der Waals surface area contributed by atoms with Gasteiger partial charge in [-0.1, -0.05) is 24.3 Å². The Morgan fingerprint density at radius 1 is 1.05 bits per heavy atom. The second-order valence-electron chi connectivity index (χ2n) is 5.04. The number of rotatable bonds is 2. The lowest BCUT2D eigenvalue weighted by Gasteiger charge is -2.37. The van der Waals surface area contributed by atoms with Crippen LogP contribution in [0.4, 0.5) is 15.8 Å². The summed E-state index contributed by atoms with van der Waals surface area (Å²) in [6, 6.07) is 13.6. The maximum Gasteiger partial charge on any atom is 0.137 e. The van der Waals surface area contributed by atoms with Crippen LogP contribution in [0.15, 0.2) is 46.9 Å². The maximum absolute atomic E-state index is 13.6. The zero-order valence-corrected chi connectivity index (χ0v) is 12.9. The Hall–Kier alpha value is -1.55. The fourth-order valence-corrected chi connectivity index (χ4v) is 3.00. The van der Waals surface area contributed by atoms with Gasteiger partial charge in [-0.2, -0.15) is 0 Å². The third-order valence-electron chi connectivity index (χ3n) is 3.73. The molecule has 0 saturated heterocycles. The molecule has 0 radical (unpaired) electrons. The molecule has 2 nitrogen and oxygen atoms in total. The summed E-state index contributed by atoms with van der Waals surface area (Å²) in [5, 5.41) is 0. The van der Waals surface area contributed by atoms with E-state index in [0.29, 0.717) is 11.0 Å². The van der Waals surface area contributed by atoms with Crippen molar-refractivity contribution >= 4 is 27.3 Å². The average Bonchev–Trinajstić information content (AvgIpc) is 2.47. The zero-order chi connectivity index (χ0) is 14.1. The van der Waals surface area contributed by atoms with Gasteiger partial charge in [-0.15, -0.1) is 0 Å². The molecule has 4 heteroatoms. The average molecular weight is 335 g/mol. The van der Waals surface area contributed by atoms with Crippen LogP contribution in [0.25, 0.3) is 0 Å². The highest BCUT2D eigenvalue weighted by molar-refractivity contribution is 9.10. The highest BCUT2D eigenvalue weighted by Crippen LogP contribution is 2.33. The summed E-state index contributed by atoms with van der Waals surface area (Å²) in [6.07, 6.45) is 0. The van der Waals surface area contributed by atoms with Crippen LogP contribution in [0.3, 0.4) is 0 Å². The number of fused-ring (bicyclic) bond motifs is 1. The Morgan fingerprint density at radius 3 is 2.60 bits per heavy atom. The first-order valence-corrected chi connectivity index (χ1v) is 7.44. The highest BCUT2D eigenvalue weighted by Gasteiger charge is 2.20. The third-order valence-corrected chi connectivity index (χ3v) is 4.62. The number of hydrogen-bond acceptors (Lipinski definition) is 2. The van der Waals surface area contributed by atoms with E-state index < -0.39 is 0 Å². The summed E-state index contributed by atoms with van der Waals surface area (Å²) in [5.41, 5.74) is 3.41. The molecule has 0 unspecified atom stereocenters. The van der Waals surface area contributed by atoms with Crippen LogP contribution < -0.4 is 9.80 Å². The van der Waals surface area contributed by atoms with Gasteiger partial charge in [-0.25, -0.2) is 4.39 Å². The van der Waals surface area contributed by atoms with Gasteiger partial charge in [0.25, 0.3) is 0 Å². The monoisotopic (exact) mass is 334 g/mol. The largest absolute Gasteiger partial charge is 0.371 e. The Bertz CT molecular complexity index is 630. The van der Waals surface area contributed by atoms with Gasteiger partial charge in [0.2, 0.25) is 0 Å². The molecule has 0 aliphatic carbocycles. The quantitative estimate of drug-likeness (QED) is 0.817. The van der Waals surface area contributed by atoms with Crippen molar-refractivity contribution in [1.82, 2.24) is 0 Å². The molecular formula is C16H16BrFN2. The molecule has 0 amide bonds. The van der Waals surface area contributed by atoms with Crippen molar-refractivity contribution in [2.45, 2.75) is 6.54 Å². The minimum absolute atomic E-state index is 0.204. The number of halogens is 2. The molecule has 0 saturated carbocycles. The van der Waals surface area contributed by atoms with Gasteiger partial charge in [-0.05, 0) is 39.7 Å². The van der Waals surface area contributed by atoms with E-state index in [-0.39, 0.29) is 5.82 Å². The summed E-state index contributed by atoms with van der Waals surface area (Å²) in [7, 11) is 2.11. The molecule has 1 aliphatic heterocycles. The molecule has 1 aliphatic rings. The molecule has 2 aromatic rings. The van der Waals surface area contributed by atoms with Crippen molar-refractivity contribution in [2.24, 2.45) is 0 Å². The normalized spacial score (nSPS) is 14.3. The minimum atomic E-state index is -0.204. The second-order valence-corrected chi connectivity index (χ2v) is 5.84. The van der Waals surface area contributed by atoms with Crippen molar-refractivity contribution in [1.29, 1.82) is 0 Å². The summed E-state index contributed by atoms with van der Waals surface area (Å²) in [5.74, 6) is -0.204. The van der Waals surface area contributed by atoms with Crippen LogP contribution in [-0.2, 0) is 6.54 Å². The molecule has 20 heavy (non-hydrogen) atoms. The Balaban J connectivity index is 1.93. The van der Waals surface area contributed by atoms with Gasteiger partial charge in [-0.3, -0.25) is 0 Å². The fourth-order valence-electron chi connectivity index (χ4n) is 2.61. The fraction of sp³-hybridized carbons (Fsp3) is 0.250. The predicted molar refractivity (Wildman–Crippen MR) is 84.9 cm³/mol. The van der Waals surface area contributed by atoms with Crippen LogP contribution >= 0.6 is 15.9 Å². The van der Waals surface area contributed by atoms with Gasteiger partial charge in [0.05, 0.1) is 15.8 Å². The number of nitrogens with zero attached hydrogens (tertiary/aromatic N) is 2. The molecule has 0 bridgehead atoms. The van der Waals surface area contributed by atoms with Crippen LogP contribution in [0.1, 0.15) is 5.56 Å². The maximum atomic E-state index is 13.6. The van der Waals surface area contributed by atoms with Gasteiger partial charge in [0.15, 0.2) is 0 Å². The van der Waals surface area contributed by atoms with Gasteiger partial charge < -0.3 is 9.80 Å². The Morgan fingerprint density at radius 2 is 1.80 bits per heavy atom. The van der Waals surface area contributed by atoms with E-state index >= 15 is 0 Å². The Labute approximate surface area is 126 Å².